The molecule has 3 rings (SSSR count). The van der Waals surface area contributed by atoms with Gasteiger partial charge in [0.25, 0.3) is 5.91 Å². The van der Waals surface area contributed by atoms with E-state index in [4.69, 9.17) is 9.47 Å². The van der Waals surface area contributed by atoms with E-state index in [1.54, 1.807) is 37.6 Å². The molecule has 0 saturated carbocycles. The number of hydrogen-bond acceptors (Lipinski definition) is 4. The quantitative estimate of drug-likeness (QED) is 0.731. The maximum absolute atomic E-state index is 12.5. The number of ether oxygens (including phenoxy) is 2. The average Bonchev–Trinajstić information content (AvgIpc) is 2.65. The van der Waals surface area contributed by atoms with E-state index >= 15 is 0 Å². The molecule has 1 N–H and O–H groups in total. The fraction of sp³-hybridized carbons (Fsp3) is 0.100. The van der Waals surface area contributed by atoms with E-state index in [2.05, 4.69) is 10.3 Å². The summed E-state index contributed by atoms with van der Waals surface area (Å²) in [5.41, 5.74) is 1.99. The van der Waals surface area contributed by atoms with Crippen LogP contribution in [0.4, 0.5) is 5.69 Å². The Hall–Kier alpha value is -3.18. The minimum absolute atomic E-state index is 0.233. The first-order valence-corrected chi connectivity index (χ1v) is 7.83. The molecule has 2 aromatic carbocycles. The van der Waals surface area contributed by atoms with Crippen molar-refractivity contribution in [1.82, 2.24) is 4.98 Å². The van der Waals surface area contributed by atoms with Gasteiger partial charge in [0, 0.05) is 18.9 Å². The molecular formula is C20H18N2O3. The van der Waals surface area contributed by atoms with Crippen molar-refractivity contribution in [2.75, 3.05) is 12.4 Å². The molecule has 1 amide bonds. The van der Waals surface area contributed by atoms with Crippen LogP contribution in [0.5, 0.6) is 11.6 Å². The number of nitrogens with one attached hydrogen (secondary N) is 1. The normalized spacial score (nSPS) is 10.3. The van der Waals surface area contributed by atoms with Crippen molar-refractivity contribution in [3.63, 3.8) is 0 Å². The molecule has 0 saturated heterocycles. The highest BCUT2D eigenvalue weighted by atomic mass is 16.5. The summed E-state index contributed by atoms with van der Waals surface area (Å²) in [7, 11) is 1.62. The van der Waals surface area contributed by atoms with Crippen molar-refractivity contribution < 1.29 is 14.3 Å². The zero-order valence-electron chi connectivity index (χ0n) is 13.8. The molecule has 5 heteroatoms. The lowest BCUT2D eigenvalue weighted by atomic mass is 10.1. The van der Waals surface area contributed by atoms with Gasteiger partial charge in [-0.1, -0.05) is 30.3 Å². The van der Waals surface area contributed by atoms with Crippen LogP contribution in [0.1, 0.15) is 15.9 Å². The molecule has 0 aliphatic carbocycles. The second kappa shape index (κ2) is 8.08. The number of para-hydroxylation sites is 1. The Morgan fingerprint density at radius 1 is 1.04 bits per heavy atom. The van der Waals surface area contributed by atoms with Crippen molar-refractivity contribution in [3.05, 3.63) is 84.1 Å². The maximum Gasteiger partial charge on any atom is 0.255 e. The van der Waals surface area contributed by atoms with Crippen molar-refractivity contribution in [2.45, 2.75) is 6.61 Å². The first-order chi connectivity index (χ1) is 12.3. The highest BCUT2D eigenvalue weighted by Crippen LogP contribution is 2.27. The molecule has 0 fully saturated rings. The molecule has 0 radical (unpaired) electrons. The largest absolute Gasteiger partial charge is 0.437 e. The van der Waals surface area contributed by atoms with Gasteiger partial charge in [-0.15, -0.1) is 0 Å². The van der Waals surface area contributed by atoms with E-state index in [1.165, 1.54) is 0 Å². The maximum atomic E-state index is 12.5. The van der Waals surface area contributed by atoms with Gasteiger partial charge in [-0.2, -0.15) is 0 Å². The van der Waals surface area contributed by atoms with Crippen LogP contribution in [-0.2, 0) is 11.3 Å². The predicted octanol–water partition coefficient (Wildman–Crippen LogP) is 4.27. The number of carbonyl (C=O) groups excluding carboxylic acids is 1. The van der Waals surface area contributed by atoms with Crippen LogP contribution < -0.4 is 10.1 Å². The fourth-order valence-electron chi connectivity index (χ4n) is 2.33. The summed E-state index contributed by atoms with van der Waals surface area (Å²) in [4.78, 5) is 16.8. The number of benzene rings is 2. The SMILES string of the molecule is COCc1cccc(C(=O)Nc2cccnc2Oc2ccccc2)c1. The first-order valence-electron chi connectivity index (χ1n) is 7.83. The van der Waals surface area contributed by atoms with Gasteiger partial charge < -0.3 is 14.8 Å². The van der Waals surface area contributed by atoms with Gasteiger partial charge in [0.05, 0.1) is 6.61 Å². The highest BCUT2D eigenvalue weighted by molar-refractivity contribution is 6.05. The molecule has 126 valence electrons. The number of pyridine rings is 1. The minimum Gasteiger partial charge on any atom is -0.437 e. The van der Waals surface area contributed by atoms with Crippen LogP contribution in [-0.4, -0.2) is 18.0 Å². The Morgan fingerprint density at radius 2 is 1.88 bits per heavy atom. The van der Waals surface area contributed by atoms with Gasteiger partial charge in [0.15, 0.2) is 0 Å². The second-order valence-corrected chi connectivity index (χ2v) is 5.36. The van der Waals surface area contributed by atoms with Crippen LogP contribution in [0.3, 0.4) is 0 Å². The number of hydrogen-bond donors (Lipinski definition) is 1. The van der Waals surface area contributed by atoms with Crippen molar-refractivity contribution in [3.8, 4) is 11.6 Å². The predicted molar refractivity (Wildman–Crippen MR) is 95.9 cm³/mol. The third-order valence-corrected chi connectivity index (χ3v) is 3.48. The average molecular weight is 334 g/mol. The topological polar surface area (TPSA) is 60.5 Å². The van der Waals surface area contributed by atoms with Gasteiger partial charge >= 0.3 is 0 Å². The summed E-state index contributed by atoms with van der Waals surface area (Å²) in [6.07, 6.45) is 1.62. The molecule has 0 atom stereocenters. The molecule has 1 heterocycles. The lowest BCUT2D eigenvalue weighted by Crippen LogP contribution is -2.13. The Balaban J connectivity index is 1.78. The summed E-state index contributed by atoms with van der Waals surface area (Å²) in [5, 5.41) is 2.85. The summed E-state index contributed by atoms with van der Waals surface area (Å²) >= 11 is 0. The molecule has 1 aromatic heterocycles. The summed E-state index contributed by atoms with van der Waals surface area (Å²) < 4.78 is 10.9. The molecule has 0 aliphatic heterocycles. The van der Waals surface area contributed by atoms with Crippen molar-refractivity contribution >= 4 is 11.6 Å². The Bertz CT molecular complexity index is 850. The zero-order valence-corrected chi connectivity index (χ0v) is 13.8. The van der Waals surface area contributed by atoms with E-state index in [1.807, 2.05) is 42.5 Å². The molecule has 0 spiro atoms. The fourth-order valence-corrected chi connectivity index (χ4v) is 2.33. The van der Waals surface area contributed by atoms with Gasteiger partial charge in [-0.25, -0.2) is 4.98 Å². The summed E-state index contributed by atoms with van der Waals surface area (Å²) in [6, 6.07) is 20.1. The Labute approximate surface area is 146 Å². The third-order valence-electron chi connectivity index (χ3n) is 3.48. The number of carbonyl (C=O) groups is 1. The van der Waals surface area contributed by atoms with Gasteiger partial charge in [0.2, 0.25) is 5.88 Å². The zero-order chi connectivity index (χ0) is 17.5. The van der Waals surface area contributed by atoms with Crippen LogP contribution >= 0.6 is 0 Å². The molecule has 25 heavy (non-hydrogen) atoms. The van der Waals surface area contributed by atoms with Crippen molar-refractivity contribution in [1.29, 1.82) is 0 Å². The lowest BCUT2D eigenvalue weighted by molar-refractivity contribution is 0.102. The number of amides is 1. The van der Waals surface area contributed by atoms with Crippen LogP contribution in [0.2, 0.25) is 0 Å². The standard InChI is InChI=1S/C20H18N2O3/c1-24-14-15-7-5-8-16(13-15)19(23)22-18-11-6-12-21-20(18)25-17-9-3-2-4-10-17/h2-13H,14H2,1H3,(H,22,23). The summed E-state index contributed by atoms with van der Waals surface area (Å²) in [5.74, 6) is 0.762. The van der Waals surface area contributed by atoms with E-state index in [9.17, 15) is 4.79 Å². The first kappa shape index (κ1) is 16.7. The Kier molecular flexibility index (Phi) is 5.39. The minimum atomic E-state index is -0.233. The number of anilines is 1. The number of rotatable bonds is 6. The van der Waals surface area contributed by atoms with Crippen LogP contribution in [0, 0.1) is 0 Å². The lowest BCUT2D eigenvalue weighted by Gasteiger charge is -2.11. The number of nitrogens with zero attached hydrogens (tertiary/aromatic N) is 1. The molecule has 0 aliphatic rings. The van der Waals surface area contributed by atoms with Gasteiger partial charge in [0.1, 0.15) is 11.4 Å². The Morgan fingerprint density at radius 3 is 2.68 bits per heavy atom. The number of methoxy groups -OCH3 is 1. The molecule has 3 aromatic rings. The van der Waals surface area contributed by atoms with E-state index in [-0.39, 0.29) is 5.91 Å². The highest BCUT2D eigenvalue weighted by Gasteiger charge is 2.12. The van der Waals surface area contributed by atoms with Crippen molar-refractivity contribution in [2.24, 2.45) is 0 Å². The molecule has 5 nitrogen and oxygen atoms in total. The second-order valence-electron chi connectivity index (χ2n) is 5.36. The van der Waals surface area contributed by atoms with E-state index in [0.29, 0.717) is 29.5 Å². The molecular weight excluding hydrogens is 316 g/mol. The number of aromatic nitrogens is 1. The van der Waals surface area contributed by atoms with Gasteiger partial charge in [-0.05, 0) is 42.0 Å². The van der Waals surface area contributed by atoms with E-state index < -0.39 is 0 Å². The monoisotopic (exact) mass is 334 g/mol. The third kappa shape index (κ3) is 4.43. The van der Waals surface area contributed by atoms with E-state index in [0.717, 1.165) is 5.56 Å². The smallest absolute Gasteiger partial charge is 0.255 e. The van der Waals surface area contributed by atoms with Gasteiger partial charge in [-0.3, -0.25) is 4.79 Å². The molecule has 0 unspecified atom stereocenters. The van der Waals surface area contributed by atoms with Crippen LogP contribution in [0.15, 0.2) is 72.9 Å². The summed E-state index contributed by atoms with van der Waals surface area (Å²) in [6.45, 7) is 0.455. The van der Waals surface area contributed by atoms with Crippen LogP contribution in [0.25, 0.3) is 0 Å². The molecule has 0 bridgehead atoms.